The molecule has 1 atom stereocenters. The molecule has 4 aromatic carbocycles. The van der Waals surface area contributed by atoms with Crippen molar-refractivity contribution in [3.8, 4) is 0 Å². The second kappa shape index (κ2) is 15.5. The fraction of sp³-hybridized carbons (Fsp3) is 0.257. The topological polar surface area (TPSA) is 86.8 Å². The summed E-state index contributed by atoms with van der Waals surface area (Å²) in [4.78, 5) is 30.1. The van der Waals surface area contributed by atoms with E-state index in [-0.39, 0.29) is 35.5 Å². The summed E-state index contributed by atoms with van der Waals surface area (Å²) in [7, 11) is -4.26. The van der Waals surface area contributed by atoms with Crippen LogP contribution in [0.25, 0.3) is 0 Å². The molecular formula is C35H34BrCl2N3O4S. The Balaban J connectivity index is 1.56. The highest BCUT2D eigenvalue weighted by molar-refractivity contribution is 9.10. The van der Waals surface area contributed by atoms with Crippen LogP contribution in [0.1, 0.15) is 36.8 Å². The van der Waals surface area contributed by atoms with Crippen molar-refractivity contribution in [1.82, 2.24) is 10.2 Å². The van der Waals surface area contributed by atoms with Crippen LogP contribution in [0.2, 0.25) is 10.0 Å². The summed E-state index contributed by atoms with van der Waals surface area (Å²) in [6, 6.07) is 28.2. The van der Waals surface area contributed by atoms with Crippen LogP contribution in [0.5, 0.6) is 0 Å². The average molecular weight is 744 g/mol. The Labute approximate surface area is 288 Å². The van der Waals surface area contributed by atoms with Gasteiger partial charge in [0.2, 0.25) is 11.8 Å². The van der Waals surface area contributed by atoms with Crippen molar-refractivity contribution in [2.75, 3.05) is 10.8 Å². The maximum absolute atomic E-state index is 14.6. The number of amides is 2. The minimum absolute atomic E-state index is 0.0312. The molecule has 46 heavy (non-hydrogen) atoms. The molecule has 1 saturated carbocycles. The van der Waals surface area contributed by atoms with Crippen LogP contribution in [0.3, 0.4) is 0 Å². The quantitative estimate of drug-likeness (QED) is 0.162. The normalized spacial score (nSPS) is 14.1. The third-order valence-corrected chi connectivity index (χ3v) is 10.8. The van der Waals surface area contributed by atoms with E-state index in [0.29, 0.717) is 10.0 Å². The van der Waals surface area contributed by atoms with E-state index in [1.54, 1.807) is 18.2 Å². The number of sulfonamides is 1. The average Bonchev–Trinajstić information content (AvgIpc) is 3.56. The predicted molar refractivity (Wildman–Crippen MR) is 186 cm³/mol. The van der Waals surface area contributed by atoms with Crippen molar-refractivity contribution in [3.05, 3.63) is 129 Å². The van der Waals surface area contributed by atoms with Gasteiger partial charge in [-0.05, 0) is 78.6 Å². The van der Waals surface area contributed by atoms with E-state index in [0.717, 1.165) is 45.6 Å². The Hall–Kier alpha value is -3.37. The first-order valence-corrected chi connectivity index (χ1v) is 18.0. The number of anilines is 1. The molecule has 4 aromatic rings. The molecule has 2 amide bonds. The Bertz CT molecular complexity index is 1750. The zero-order chi connectivity index (χ0) is 32.7. The van der Waals surface area contributed by atoms with Gasteiger partial charge in [0.25, 0.3) is 10.0 Å². The van der Waals surface area contributed by atoms with E-state index < -0.39 is 28.5 Å². The molecule has 240 valence electrons. The smallest absolute Gasteiger partial charge is 0.264 e. The molecule has 0 unspecified atom stereocenters. The molecule has 7 nitrogen and oxygen atoms in total. The van der Waals surface area contributed by atoms with Gasteiger partial charge in [-0.15, -0.1) is 0 Å². The second-order valence-corrected chi connectivity index (χ2v) is 14.9. The monoisotopic (exact) mass is 741 g/mol. The van der Waals surface area contributed by atoms with Crippen LogP contribution in [0, 0.1) is 0 Å². The van der Waals surface area contributed by atoms with Crippen molar-refractivity contribution >= 4 is 66.7 Å². The summed E-state index contributed by atoms with van der Waals surface area (Å²) in [5.74, 6) is -0.806. The van der Waals surface area contributed by atoms with Crippen LogP contribution in [0.4, 0.5) is 5.69 Å². The van der Waals surface area contributed by atoms with Gasteiger partial charge in [0.1, 0.15) is 12.6 Å². The van der Waals surface area contributed by atoms with E-state index in [1.165, 1.54) is 35.2 Å². The Morgan fingerprint density at radius 3 is 2.15 bits per heavy atom. The summed E-state index contributed by atoms with van der Waals surface area (Å²) < 4.78 is 30.1. The van der Waals surface area contributed by atoms with Gasteiger partial charge < -0.3 is 10.2 Å². The Morgan fingerprint density at radius 1 is 0.826 bits per heavy atom. The highest BCUT2D eigenvalue weighted by Crippen LogP contribution is 2.28. The minimum Gasteiger partial charge on any atom is -0.352 e. The van der Waals surface area contributed by atoms with Gasteiger partial charge >= 0.3 is 0 Å². The molecule has 1 N–H and O–H groups in total. The number of benzene rings is 4. The van der Waals surface area contributed by atoms with Crippen LogP contribution in [-0.4, -0.2) is 43.8 Å². The Kier molecular flexibility index (Phi) is 11.4. The maximum atomic E-state index is 14.6. The number of carbonyl (C=O) groups excluding carboxylic acids is 2. The van der Waals surface area contributed by atoms with Crippen molar-refractivity contribution in [1.29, 1.82) is 0 Å². The molecule has 0 bridgehead atoms. The van der Waals surface area contributed by atoms with Gasteiger partial charge in [0.15, 0.2) is 0 Å². The second-order valence-electron chi connectivity index (χ2n) is 11.3. The van der Waals surface area contributed by atoms with E-state index in [9.17, 15) is 18.0 Å². The number of nitrogens with zero attached hydrogens (tertiary/aromatic N) is 2. The van der Waals surface area contributed by atoms with E-state index in [2.05, 4.69) is 21.2 Å². The van der Waals surface area contributed by atoms with Gasteiger partial charge in [-0.1, -0.05) is 101 Å². The zero-order valence-electron chi connectivity index (χ0n) is 25.0. The van der Waals surface area contributed by atoms with Crippen molar-refractivity contribution in [3.63, 3.8) is 0 Å². The zero-order valence-corrected chi connectivity index (χ0v) is 28.9. The van der Waals surface area contributed by atoms with Crippen molar-refractivity contribution in [2.45, 2.75) is 55.6 Å². The lowest BCUT2D eigenvalue weighted by Crippen LogP contribution is -2.54. The lowest BCUT2D eigenvalue weighted by atomic mass is 10.0. The number of hydrogen-bond acceptors (Lipinski definition) is 4. The van der Waals surface area contributed by atoms with Crippen LogP contribution in [0.15, 0.2) is 112 Å². The molecular weight excluding hydrogens is 709 g/mol. The highest BCUT2D eigenvalue weighted by Gasteiger charge is 2.35. The van der Waals surface area contributed by atoms with E-state index >= 15 is 0 Å². The summed E-state index contributed by atoms with van der Waals surface area (Å²) in [6.45, 7) is -0.476. The fourth-order valence-corrected chi connectivity index (χ4v) is 7.58. The number of carbonyl (C=O) groups is 2. The molecule has 0 aromatic heterocycles. The molecule has 0 radical (unpaired) electrons. The highest BCUT2D eigenvalue weighted by atomic mass is 79.9. The van der Waals surface area contributed by atoms with Gasteiger partial charge in [0.05, 0.1) is 10.6 Å². The standard InChI is InChI=1S/C35H34BrCl2N3O4S/c36-27-15-13-26(14-16-27)23-40(33(21-25-7-2-1-3-8-25)35(43)39-30-10-4-5-11-30)34(42)24-41(31-12-6-9-29(38)22-31)46(44,45)32-19-17-28(37)18-20-32/h1-3,6-9,12-20,22,30,33H,4-5,10-11,21,23-24H2,(H,39,43)/t33-/m0/s1. The molecule has 0 saturated heterocycles. The molecule has 0 spiro atoms. The van der Waals surface area contributed by atoms with Gasteiger partial charge in [-0.25, -0.2) is 8.42 Å². The number of hydrogen-bond donors (Lipinski definition) is 1. The van der Waals surface area contributed by atoms with E-state index in [1.807, 2.05) is 54.6 Å². The molecule has 1 fully saturated rings. The molecule has 0 heterocycles. The summed E-state index contributed by atoms with van der Waals surface area (Å²) in [6.07, 6.45) is 4.08. The minimum atomic E-state index is -4.26. The van der Waals surface area contributed by atoms with Crippen LogP contribution >= 0.6 is 39.1 Å². The first-order chi connectivity index (χ1) is 22.1. The predicted octanol–water partition coefficient (Wildman–Crippen LogP) is 7.65. The first-order valence-electron chi connectivity index (χ1n) is 15.0. The molecule has 5 rings (SSSR count). The van der Waals surface area contributed by atoms with Gasteiger partial charge in [-0.3, -0.25) is 13.9 Å². The summed E-state index contributed by atoms with van der Waals surface area (Å²) in [5, 5.41) is 3.87. The Morgan fingerprint density at radius 2 is 1.50 bits per heavy atom. The largest absolute Gasteiger partial charge is 0.352 e. The molecule has 0 aliphatic heterocycles. The molecule has 11 heteroatoms. The third-order valence-electron chi connectivity index (χ3n) is 8.02. The van der Waals surface area contributed by atoms with Gasteiger partial charge in [-0.2, -0.15) is 0 Å². The van der Waals surface area contributed by atoms with Crippen LogP contribution < -0.4 is 9.62 Å². The van der Waals surface area contributed by atoms with E-state index in [4.69, 9.17) is 23.2 Å². The van der Waals surface area contributed by atoms with Crippen molar-refractivity contribution in [2.24, 2.45) is 0 Å². The summed E-state index contributed by atoms with van der Waals surface area (Å²) in [5.41, 5.74) is 1.88. The lowest BCUT2D eigenvalue weighted by molar-refractivity contribution is -0.140. The summed E-state index contributed by atoms with van der Waals surface area (Å²) >= 11 is 15.8. The van der Waals surface area contributed by atoms with Crippen molar-refractivity contribution < 1.29 is 18.0 Å². The van der Waals surface area contributed by atoms with Gasteiger partial charge in [0, 0.05) is 33.5 Å². The lowest BCUT2D eigenvalue weighted by Gasteiger charge is -2.34. The third kappa shape index (κ3) is 8.70. The van der Waals surface area contributed by atoms with Crippen LogP contribution in [-0.2, 0) is 32.6 Å². The fourth-order valence-electron chi connectivity index (χ4n) is 5.60. The maximum Gasteiger partial charge on any atom is 0.264 e. The molecule has 1 aliphatic rings. The number of rotatable bonds is 12. The first kappa shape index (κ1) is 34.0. The number of halogens is 3. The SMILES string of the molecule is O=C(NC1CCCC1)[C@H](Cc1ccccc1)N(Cc1ccc(Br)cc1)C(=O)CN(c1cccc(Cl)c1)S(=O)(=O)c1ccc(Cl)cc1. The number of nitrogens with one attached hydrogen (secondary N) is 1. The molecule has 1 aliphatic carbocycles.